The van der Waals surface area contributed by atoms with Crippen molar-refractivity contribution in [1.29, 1.82) is 0 Å². The number of ketones is 1. The van der Waals surface area contributed by atoms with Crippen molar-refractivity contribution >= 4 is 11.9 Å². The Hall–Kier alpha value is -1.37. The number of carbonyl (C=O) groups is 1. The molecular formula is C16H22O. The maximum Gasteiger partial charge on any atom is 0.165 e. The molecule has 1 aromatic rings. The van der Waals surface area contributed by atoms with Crippen molar-refractivity contribution in [1.82, 2.24) is 0 Å². The zero-order valence-corrected chi connectivity index (χ0v) is 10.9. The minimum Gasteiger partial charge on any atom is -0.294 e. The van der Waals surface area contributed by atoms with Gasteiger partial charge in [-0.25, -0.2) is 0 Å². The summed E-state index contributed by atoms with van der Waals surface area (Å²) in [6.07, 6.45) is 6.02. The quantitative estimate of drug-likeness (QED) is 0.619. The van der Waals surface area contributed by atoms with Crippen LogP contribution < -0.4 is 0 Å². The molecule has 0 bridgehead atoms. The first-order valence-electron chi connectivity index (χ1n) is 6.49. The number of rotatable bonds is 7. The fraction of sp³-hybridized carbons (Fsp3) is 0.438. The van der Waals surface area contributed by atoms with Crippen LogP contribution in [0.1, 0.15) is 55.5 Å². The summed E-state index contributed by atoms with van der Waals surface area (Å²) in [5.74, 6) is 0.473. The Morgan fingerprint density at radius 1 is 1.29 bits per heavy atom. The summed E-state index contributed by atoms with van der Waals surface area (Å²) in [5.41, 5.74) is 1.89. The lowest BCUT2D eigenvalue weighted by Gasteiger charge is -2.13. The minimum absolute atomic E-state index is 0.185. The lowest BCUT2D eigenvalue weighted by Crippen LogP contribution is -2.13. The summed E-state index contributed by atoms with van der Waals surface area (Å²) in [4.78, 5) is 12.3. The fourth-order valence-electron chi connectivity index (χ4n) is 1.99. The SMILES string of the molecule is C=Cc1ccc(C(=O)C(CC)CCCC)cc1. The van der Waals surface area contributed by atoms with Crippen molar-refractivity contribution in [2.45, 2.75) is 39.5 Å². The normalized spacial score (nSPS) is 12.1. The van der Waals surface area contributed by atoms with Gasteiger partial charge in [0.2, 0.25) is 0 Å². The van der Waals surface area contributed by atoms with E-state index < -0.39 is 0 Å². The summed E-state index contributed by atoms with van der Waals surface area (Å²) >= 11 is 0. The third kappa shape index (κ3) is 3.85. The van der Waals surface area contributed by atoms with E-state index in [1.54, 1.807) is 6.08 Å². The van der Waals surface area contributed by atoms with E-state index in [0.717, 1.165) is 36.8 Å². The summed E-state index contributed by atoms with van der Waals surface area (Å²) in [6.45, 7) is 7.97. The Bertz CT molecular complexity index is 362. The van der Waals surface area contributed by atoms with Gasteiger partial charge in [-0.15, -0.1) is 0 Å². The van der Waals surface area contributed by atoms with E-state index >= 15 is 0 Å². The molecule has 0 radical (unpaired) electrons. The largest absolute Gasteiger partial charge is 0.294 e. The molecule has 1 heteroatoms. The molecule has 0 N–H and O–H groups in total. The maximum absolute atomic E-state index is 12.3. The lowest BCUT2D eigenvalue weighted by atomic mass is 9.90. The van der Waals surface area contributed by atoms with Crippen molar-refractivity contribution in [2.75, 3.05) is 0 Å². The van der Waals surface area contributed by atoms with Gasteiger partial charge < -0.3 is 0 Å². The molecule has 92 valence electrons. The molecule has 1 atom stereocenters. The number of hydrogen-bond acceptors (Lipinski definition) is 1. The van der Waals surface area contributed by atoms with E-state index in [4.69, 9.17) is 0 Å². The zero-order valence-electron chi connectivity index (χ0n) is 10.9. The first kappa shape index (κ1) is 13.7. The van der Waals surface area contributed by atoms with Crippen LogP contribution in [-0.4, -0.2) is 5.78 Å². The second-order valence-corrected chi connectivity index (χ2v) is 4.44. The van der Waals surface area contributed by atoms with Gasteiger partial charge in [-0.1, -0.05) is 63.6 Å². The monoisotopic (exact) mass is 230 g/mol. The van der Waals surface area contributed by atoms with Crippen molar-refractivity contribution < 1.29 is 4.79 Å². The fourth-order valence-corrected chi connectivity index (χ4v) is 1.99. The van der Waals surface area contributed by atoms with Crippen LogP contribution in [-0.2, 0) is 0 Å². The molecule has 0 aliphatic rings. The molecule has 1 nitrogen and oxygen atoms in total. The number of unbranched alkanes of at least 4 members (excludes halogenated alkanes) is 1. The first-order valence-corrected chi connectivity index (χ1v) is 6.49. The predicted molar refractivity (Wildman–Crippen MR) is 74.2 cm³/mol. The Kier molecular flexibility index (Phi) is 5.68. The lowest BCUT2D eigenvalue weighted by molar-refractivity contribution is 0.0908. The van der Waals surface area contributed by atoms with Gasteiger partial charge >= 0.3 is 0 Å². The topological polar surface area (TPSA) is 17.1 Å². The number of hydrogen-bond donors (Lipinski definition) is 0. The van der Waals surface area contributed by atoms with Crippen LogP contribution in [0.25, 0.3) is 6.08 Å². The Morgan fingerprint density at radius 3 is 2.41 bits per heavy atom. The molecule has 0 amide bonds. The van der Waals surface area contributed by atoms with Crippen LogP contribution in [0.5, 0.6) is 0 Å². The molecule has 0 fully saturated rings. The average molecular weight is 230 g/mol. The van der Waals surface area contributed by atoms with E-state index in [1.807, 2.05) is 24.3 Å². The predicted octanol–water partition coefficient (Wildman–Crippen LogP) is 4.73. The molecule has 0 aliphatic heterocycles. The van der Waals surface area contributed by atoms with Gasteiger partial charge in [0.1, 0.15) is 0 Å². The molecule has 0 aliphatic carbocycles. The molecule has 1 unspecified atom stereocenters. The van der Waals surface area contributed by atoms with Crippen LogP contribution in [0.2, 0.25) is 0 Å². The number of carbonyl (C=O) groups excluding carboxylic acids is 1. The van der Waals surface area contributed by atoms with Crippen molar-refractivity contribution in [3.63, 3.8) is 0 Å². The zero-order chi connectivity index (χ0) is 12.7. The summed E-state index contributed by atoms with van der Waals surface area (Å²) in [7, 11) is 0. The van der Waals surface area contributed by atoms with Gasteiger partial charge in [0.15, 0.2) is 5.78 Å². The van der Waals surface area contributed by atoms with Crippen LogP contribution in [0.3, 0.4) is 0 Å². The minimum atomic E-state index is 0.185. The van der Waals surface area contributed by atoms with Gasteiger partial charge in [0.05, 0.1) is 0 Å². The Morgan fingerprint density at radius 2 is 1.94 bits per heavy atom. The maximum atomic E-state index is 12.3. The van der Waals surface area contributed by atoms with Crippen molar-refractivity contribution in [3.05, 3.63) is 42.0 Å². The second-order valence-electron chi connectivity index (χ2n) is 4.44. The standard InChI is InChI=1S/C16H22O/c1-4-7-8-14(6-3)16(17)15-11-9-13(5-2)10-12-15/h5,9-12,14H,2,4,6-8H2,1,3H3. The van der Waals surface area contributed by atoms with Crippen LogP contribution in [0.15, 0.2) is 30.8 Å². The molecule has 0 saturated heterocycles. The van der Waals surface area contributed by atoms with Gasteiger partial charge in [0, 0.05) is 11.5 Å². The third-order valence-corrected chi connectivity index (χ3v) is 3.20. The molecule has 17 heavy (non-hydrogen) atoms. The van der Waals surface area contributed by atoms with E-state index in [9.17, 15) is 4.79 Å². The molecule has 0 spiro atoms. The molecule has 0 saturated carbocycles. The highest BCUT2D eigenvalue weighted by atomic mass is 16.1. The second kappa shape index (κ2) is 7.05. The van der Waals surface area contributed by atoms with Gasteiger partial charge in [-0.3, -0.25) is 4.79 Å². The Labute approximate surface area is 105 Å². The van der Waals surface area contributed by atoms with Gasteiger partial charge in [-0.2, -0.15) is 0 Å². The highest BCUT2D eigenvalue weighted by molar-refractivity contribution is 5.97. The molecule has 1 rings (SSSR count). The molecule has 0 heterocycles. The highest BCUT2D eigenvalue weighted by Gasteiger charge is 2.17. The summed E-state index contributed by atoms with van der Waals surface area (Å²) in [5, 5.41) is 0. The molecule has 0 aromatic heterocycles. The van der Waals surface area contributed by atoms with Crippen LogP contribution in [0.4, 0.5) is 0 Å². The Balaban J connectivity index is 2.74. The number of benzene rings is 1. The van der Waals surface area contributed by atoms with E-state index in [0.29, 0.717) is 0 Å². The summed E-state index contributed by atoms with van der Waals surface area (Å²) < 4.78 is 0. The van der Waals surface area contributed by atoms with Gasteiger partial charge in [-0.05, 0) is 18.4 Å². The van der Waals surface area contributed by atoms with Crippen molar-refractivity contribution in [2.24, 2.45) is 5.92 Å². The number of Topliss-reactive ketones (excluding diaryl/α,β-unsaturated/α-hetero) is 1. The average Bonchev–Trinajstić information content (AvgIpc) is 2.39. The highest BCUT2D eigenvalue weighted by Crippen LogP contribution is 2.19. The van der Waals surface area contributed by atoms with E-state index in [2.05, 4.69) is 20.4 Å². The first-order chi connectivity index (χ1) is 8.22. The summed E-state index contributed by atoms with van der Waals surface area (Å²) in [6, 6.07) is 7.72. The third-order valence-electron chi connectivity index (χ3n) is 3.20. The van der Waals surface area contributed by atoms with Crippen LogP contribution in [0, 0.1) is 5.92 Å². The van der Waals surface area contributed by atoms with E-state index in [-0.39, 0.29) is 11.7 Å². The van der Waals surface area contributed by atoms with Crippen LogP contribution >= 0.6 is 0 Å². The smallest absolute Gasteiger partial charge is 0.165 e. The van der Waals surface area contributed by atoms with Crippen molar-refractivity contribution in [3.8, 4) is 0 Å². The molecule has 1 aromatic carbocycles. The van der Waals surface area contributed by atoms with Gasteiger partial charge in [0.25, 0.3) is 0 Å². The molecular weight excluding hydrogens is 208 g/mol. The van der Waals surface area contributed by atoms with E-state index in [1.165, 1.54) is 0 Å².